The molecule has 11 nitrogen and oxygen atoms in total. The van der Waals surface area contributed by atoms with Crippen molar-refractivity contribution in [3.05, 3.63) is 83.4 Å². The van der Waals surface area contributed by atoms with E-state index in [-0.39, 0.29) is 42.9 Å². The second-order valence-electron chi connectivity index (χ2n) is 11.8. The van der Waals surface area contributed by atoms with Crippen LogP contribution in [0.4, 0.5) is 4.39 Å². The van der Waals surface area contributed by atoms with E-state index in [0.717, 1.165) is 18.2 Å². The number of primary amides is 1. The van der Waals surface area contributed by atoms with Crippen LogP contribution in [0.1, 0.15) is 48.3 Å². The lowest BCUT2D eigenvalue weighted by Crippen LogP contribution is -2.46. The molecule has 12 heteroatoms. The third-order valence-electron chi connectivity index (χ3n) is 8.01. The van der Waals surface area contributed by atoms with Crippen LogP contribution in [-0.4, -0.2) is 58.6 Å². The number of hydrogen-bond donors (Lipinski definition) is 4. The van der Waals surface area contributed by atoms with Crippen molar-refractivity contribution in [2.24, 2.45) is 5.73 Å². The fourth-order valence-corrected chi connectivity index (χ4v) is 5.20. The van der Waals surface area contributed by atoms with Gasteiger partial charge in [-0.3, -0.25) is 19.4 Å². The Kier molecular flexibility index (Phi) is 7.61. The molecule has 1 aliphatic carbocycles. The standard InChI is InChI=1S/C33H32FN5O6/c1-32(31(42)37-15-26(35)40)17-44-29-23(32)14-25(39-28(29)18-5-7-21(34)8-6-18)33(2,43)16-38-30(41)20-12-19-4-3-11-36-27(19)24(13-20)45-22-9-10-22/h3-8,11-14,22,43H,9-10,15-17H2,1-2H3,(H2,35,40)(H,37,42)(H,38,41)/t32-,33-/m0/s1. The van der Waals surface area contributed by atoms with Crippen LogP contribution in [0.25, 0.3) is 22.2 Å². The summed E-state index contributed by atoms with van der Waals surface area (Å²) < 4.78 is 25.8. The van der Waals surface area contributed by atoms with E-state index in [1.54, 1.807) is 37.4 Å². The number of nitrogens with one attached hydrogen (secondary N) is 2. The quantitative estimate of drug-likeness (QED) is 0.212. The van der Waals surface area contributed by atoms with Gasteiger partial charge in [-0.25, -0.2) is 9.37 Å². The first kappa shape index (κ1) is 29.9. The number of hydrogen-bond acceptors (Lipinski definition) is 8. The Morgan fingerprint density at radius 3 is 2.62 bits per heavy atom. The van der Waals surface area contributed by atoms with Gasteiger partial charge < -0.3 is 30.9 Å². The molecule has 0 spiro atoms. The van der Waals surface area contributed by atoms with E-state index in [4.69, 9.17) is 15.2 Å². The van der Waals surface area contributed by atoms with Gasteiger partial charge in [0.1, 0.15) is 46.1 Å². The predicted octanol–water partition coefficient (Wildman–Crippen LogP) is 2.87. The van der Waals surface area contributed by atoms with E-state index in [2.05, 4.69) is 20.6 Å². The maximum absolute atomic E-state index is 13.8. The highest BCUT2D eigenvalue weighted by Crippen LogP contribution is 2.45. The van der Waals surface area contributed by atoms with E-state index in [1.165, 1.54) is 31.2 Å². The lowest BCUT2D eigenvalue weighted by molar-refractivity contribution is -0.129. The fourth-order valence-electron chi connectivity index (χ4n) is 5.20. The minimum absolute atomic E-state index is 0.0762. The largest absolute Gasteiger partial charge is 0.489 e. The summed E-state index contributed by atoms with van der Waals surface area (Å²) in [7, 11) is 0. The molecule has 3 amide bonds. The number of aromatic nitrogens is 2. The Hall–Kier alpha value is -5.10. The van der Waals surface area contributed by atoms with Gasteiger partial charge in [-0.05, 0) is 75.2 Å². The van der Waals surface area contributed by atoms with Crippen LogP contribution in [-0.2, 0) is 20.6 Å². The highest BCUT2D eigenvalue weighted by molar-refractivity contribution is 6.00. The van der Waals surface area contributed by atoms with Crippen LogP contribution in [0.15, 0.2) is 60.8 Å². The predicted molar refractivity (Wildman–Crippen MR) is 162 cm³/mol. The maximum atomic E-state index is 13.8. The van der Waals surface area contributed by atoms with Gasteiger partial charge in [0.2, 0.25) is 11.8 Å². The third kappa shape index (κ3) is 6.01. The summed E-state index contributed by atoms with van der Waals surface area (Å²) >= 11 is 0. The minimum atomic E-state index is -1.72. The van der Waals surface area contributed by atoms with Gasteiger partial charge in [-0.15, -0.1) is 0 Å². The molecule has 0 bridgehead atoms. The lowest BCUT2D eigenvalue weighted by atomic mass is 9.81. The number of ether oxygens (including phenoxy) is 2. The van der Waals surface area contributed by atoms with Gasteiger partial charge in [0.25, 0.3) is 5.91 Å². The van der Waals surface area contributed by atoms with Crippen molar-refractivity contribution in [3.63, 3.8) is 0 Å². The number of fused-ring (bicyclic) bond motifs is 2. The smallest absolute Gasteiger partial charge is 0.251 e. The Bertz CT molecular complexity index is 1820. The zero-order valence-electron chi connectivity index (χ0n) is 24.7. The summed E-state index contributed by atoms with van der Waals surface area (Å²) in [6.45, 7) is 2.44. The van der Waals surface area contributed by atoms with E-state index in [0.29, 0.717) is 28.0 Å². The van der Waals surface area contributed by atoms with Crippen molar-refractivity contribution < 1.29 is 33.4 Å². The highest BCUT2D eigenvalue weighted by atomic mass is 19.1. The molecule has 1 saturated carbocycles. The first-order valence-corrected chi connectivity index (χ1v) is 14.5. The Balaban J connectivity index is 1.32. The lowest BCUT2D eigenvalue weighted by Gasteiger charge is -2.27. The molecule has 1 aliphatic heterocycles. The number of pyridine rings is 2. The normalized spacial score (nSPS) is 18.4. The van der Waals surface area contributed by atoms with Crippen LogP contribution in [0, 0.1) is 5.82 Å². The number of rotatable bonds is 10. The van der Waals surface area contributed by atoms with E-state index in [9.17, 15) is 23.9 Å². The molecule has 232 valence electrons. The zero-order chi connectivity index (χ0) is 31.9. The summed E-state index contributed by atoms with van der Waals surface area (Å²) in [4.78, 5) is 47.1. The Morgan fingerprint density at radius 2 is 1.91 bits per heavy atom. The molecule has 2 atom stereocenters. The Labute approximate surface area is 258 Å². The van der Waals surface area contributed by atoms with Crippen LogP contribution >= 0.6 is 0 Å². The van der Waals surface area contributed by atoms with Crippen molar-refractivity contribution in [2.75, 3.05) is 19.7 Å². The Morgan fingerprint density at radius 1 is 1.16 bits per heavy atom. The molecule has 3 heterocycles. The molecule has 0 unspecified atom stereocenters. The topological polar surface area (TPSA) is 166 Å². The summed E-state index contributed by atoms with van der Waals surface area (Å²) in [6, 6.07) is 14.1. The van der Waals surface area contributed by atoms with Gasteiger partial charge >= 0.3 is 0 Å². The summed E-state index contributed by atoms with van der Waals surface area (Å²) in [5.41, 5.74) is 4.55. The molecular weight excluding hydrogens is 581 g/mol. The molecule has 0 saturated heterocycles. The van der Waals surface area contributed by atoms with Gasteiger partial charge in [-0.1, -0.05) is 6.07 Å². The minimum Gasteiger partial charge on any atom is -0.489 e. The number of benzene rings is 2. The number of amides is 3. The van der Waals surface area contributed by atoms with Crippen LogP contribution < -0.4 is 25.8 Å². The van der Waals surface area contributed by atoms with E-state index < -0.39 is 34.6 Å². The van der Waals surface area contributed by atoms with E-state index in [1.807, 2.05) is 6.07 Å². The molecule has 4 aromatic rings. The molecule has 6 rings (SSSR count). The highest BCUT2D eigenvalue weighted by Gasteiger charge is 2.46. The number of carbonyl (C=O) groups excluding carboxylic acids is 3. The van der Waals surface area contributed by atoms with Crippen molar-refractivity contribution in [3.8, 4) is 22.8 Å². The second kappa shape index (κ2) is 11.4. The number of nitrogens with two attached hydrogens (primary N) is 1. The first-order valence-electron chi connectivity index (χ1n) is 14.5. The molecule has 2 aromatic carbocycles. The van der Waals surface area contributed by atoms with Gasteiger partial charge in [0.15, 0.2) is 0 Å². The van der Waals surface area contributed by atoms with Crippen molar-refractivity contribution in [2.45, 2.75) is 43.8 Å². The fraction of sp³-hybridized carbons (Fsp3) is 0.303. The van der Waals surface area contributed by atoms with Gasteiger partial charge in [-0.2, -0.15) is 0 Å². The molecule has 5 N–H and O–H groups in total. The molecule has 45 heavy (non-hydrogen) atoms. The van der Waals surface area contributed by atoms with Crippen LogP contribution in [0.5, 0.6) is 11.5 Å². The average molecular weight is 614 g/mol. The summed E-state index contributed by atoms with van der Waals surface area (Å²) in [5, 5.41) is 17.8. The first-order chi connectivity index (χ1) is 21.4. The molecule has 2 aliphatic rings. The molecule has 0 radical (unpaired) electrons. The SMILES string of the molecule is C[C@](O)(CNC(=O)c1cc(OC2CC2)c2ncccc2c1)c1cc2c(c(-c3ccc(F)cc3)n1)OC[C@]2(C)C(=O)NCC(N)=O. The molecule has 2 aromatic heterocycles. The van der Waals surface area contributed by atoms with Crippen molar-refractivity contribution in [1.29, 1.82) is 0 Å². The van der Waals surface area contributed by atoms with Crippen molar-refractivity contribution in [1.82, 2.24) is 20.6 Å². The number of halogens is 1. The molecule has 1 fully saturated rings. The number of carbonyl (C=O) groups is 3. The maximum Gasteiger partial charge on any atom is 0.251 e. The van der Waals surface area contributed by atoms with Gasteiger partial charge in [0.05, 0.1) is 24.9 Å². The zero-order valence-corrected chi connectivity index (χ0v) is 24.7. The van der Waals surface area contributed by atoms with Crippen molar-refractivity contribution >= 4 is 28.6 Å². The molecular formula is C33H32FN5O6. The number of aliphatic hydroxyl groups is 1. The van der Waals surface area contributed by atoms with E-state index >= 15 is 0 Å². The summed E-state index contributed by atoms with van der Waals surface area (Å²) in [6.07, 6.45) is 3.65. The summed E-state index contributed by atoms with van der Waals surface area (Å²) in [5.74, 6) is -1.31. The monoisotopic (exact) mass is 613 g/mol. The third-order valence-corrected chi connectivity index (χ3v) is 8.01. The average Bonchev–Trinajstić information content (AvgIpc) is 3.78. The van der Waals surface area contributed by atoms with Crippen LogP contribution in [0.2, 0.25) is 0 Å². The van der Waals surface area contributed by atoms with Crippen LogP contribution in [0.3, 0.4) is 0 Å². The second-order valence-corrected chi connectivity index (χ2v) is 11.8. The van der Waals surface area contributed by atoms with Gasteiger partial charge in [0, 0.05) is 28.3 Å². The number of nitrogens with zero attached hydrogens (tertiary/aromatic N) is 2.